The van der Waals surface area contributed by atoms with Crippen LogP contribution in [0.5, 0.6) is 0 Å². The predicted octanol–water partition coefficient (Wildman–Crippen LogP) is 6.87. The molecule has 0 aliphatic rings. The van der Waals surface area contributed by atoms with Crippen LogP contribution < -0.4 is 5.32 Å². The van der Waals surface area contributed by atoms with E-state index in [1.54, 1.807) is 0 Å². The number of unbranched alkanes of at least 4 members (excludes halogenated alkanes) is 1. The molecular formula is C18H17Cl2F6N3O2S. The lowest BCUT2D eigenvalue weighted by molar-refractivity contribution is -0.141. The fourth-order valence-corrected chi connectivity index (χ4v) is 3.86. The Morgan fingerprint density at radius 3 is 2.28 bits per heavy atom. The van der Waals surface area contributed by atoms with Gasteiger partial charge in [0.05, 0.1) is 32.8 Å². The van der Waals surface area contributed by atoms with Crippen LogP contribution >= 0.6 is 35.0 Å². The highest BCUT2D eigenvalue weighted by molar-refractivity contribution is 8.00. The molecule has 0 unspecified atom stereocenters. The first-order valence-corrected chi connectivity index (χ1v) is 10.6. The number of carbonyl (C=O) groups excluding carboxylic acids is 1. The SMILES string of the molecule is CCCCOC(=O)CNc1c(SC(F)(F)F)c(C)nn1-c1c(Cl)cc(C(F)(F)F)cc1Cl. The van der Waals surface area contributed by atoms with Crippen LogP contribution in [0.2, 0.25) is 10.0 Å². The van der Waals surface area contributed by atoms with Gasteiger partial charge in [-0.3, -0.25) is 4.79 Å². The number of benzene rings is 1. The molecule has 0 amide bonds. The van der Waals surface area contributed by atoms with E-state index in [0.29, 0.717) is 18.6 Å². The Morgan fingerprint density at radius 1 is 1.19 bits per heavy atom. The number of aryl methyl sites for hydroxylation is 1. The smallest absolute Gasteiger partial charge is 0.446 e. The monoisotopic (exact) mass is 523 g/mol. The molecule has 0 saturated heterocycles. The van der Waals surface area contributed by atoms with Gasteiger partial charge in [0.25, 0.3) is 0 Å². The summed E-state index contributed by atoms with van der Waals surface area (Å²) in [5.74, 6) is -1.06. The average molecular weight is 524 g/mol. The summed E-state index contributed by atoms with van der Waals surface area (Å²) in [5.41, 5.74) is -6.23. The number of esters is 1. The Bertz CT molecular complexity index is 956. The number of thioether (sulfide) groups is 1. The van der Waals surface area contributed by atoms with Crippen LogP contribution in [-0.4, -0.2) is 34.4 Å². The predicted molar refractivity (Wildman–Crippen MR) is 110 cm³/mol. The van der Waals surface area contributed by atoms with E-state index < -0.39 is 56.5 Å². The van der Waals surface area contributed by atoms with E-state index in [1.807, 2.05) is 6.92 Å². The minimum Gasteiger partial charge on any atom is -0.464 e. The molecule has 0 aliphatic carbocycles. The largest absolute Gasteiger partial charge is 0.464 e. The average Bonchev–Trinajstić information content (AvgIpc) is 2.92. The van der Waals surface area contributed by atoms with Crippen molar-refractivity contribution in [3.8, 4) is 5.69 Å². The van der Waals surface area contributed by atoms with E-state index in [2.05, 4.69) is 10.4 Å². The zero-order valence-electron chi connectivity index (χ0n) is 16.6. The van der Waals surface area contributed by atoms with Crippen LogP contribution in [0.1, 0.15) is 31.0 Å². The van der Waals surface area contributed by atoms with E-state index in [9.17, 15) is 31.1 Å². The second-order valence-corrected chi connectivity index (χ2v) is 8.33. The summed E-state index contributed by atoms with van der Waals surface area (Å²) in [4.78, 5) is 11.5. The highest BCUT2D eigenvalue weighted by atomic mass is 35.5. The lowest BCUT2D eigenvalue weighted by Gasteiger charge is -2.16. The van der Waals surface area contributed by atoms with Gasteiger partial charge in [-0.2, -0.15) is 31.4 Å². The van der Waals surface area contributed by atoms with Gasteiger partial charge in [-0.1, -0.05) is 36.5 Å². The van der Waals surface area contributed by atoms with Crippen molar-refractivity contribution in [1.82, 2.24) is 9.78 Å². The molecule has 1 heterocycles. The molecule has 14 heteroatoms. The van der Waals surface area contributed by atoms with Crippen molar-refractivity contribution in [1.29, 1.82) is 0 Å². The Balaban J connectivity index is 2.51. The molecule has 0 bridgehead atoms. The van der Waals surface area contributed by atoms with Crippen molar-refractivity contribution in [2.24, 2.45) is 0 Å². The Kier molecular flexibility index (Phi) is 8.62. The van der Waals surface area contributed by atoms with E-state index >= 15 is 0 Å². The van der Waals surface area contributed by atoms with Crippen LogP contribution in [0.3, 0.4) is 0 Å². The second kappa shape index (κ2) is 10.4. The van der Waals surface area contributed by atoms with Crippen LogP contribution in [0.25, 0.3) is 5.69 Å². The molecule has 1 N–H and O–H groups in total. The number of nitrogens with zero attached hydrogens (tertiary/aromatic N) is 2. The van der Waals surface area contributed by atoms with Crippen LogP contribution in [0.4, 0.5) is 32.2 Å². The summed E-state index contributed by atoms with van der Waals surface area (Å²) in [6.07, 6.45) is -3.37. The second-order valence-electron chi connectivity index (χ2n) is 6.44. The molecule has 0 atom stereocenters. The first kappa shape index (κ1) is 26.5. The van der Waals surface area contributed by atoms with E-state index in [-0.39, 0.29) is 23.8 Å². The third-order valence-electron chi connectivity index (χ3n) is 3.94. The highest BCUT2D eigenvalue weighted by Gasteiger charge is 2.36. The van der Waals surface area contributed by atoms with Crippen molar-refractivity contribution in [3.63, 3.8) is 0 Å². The van der Waals surface area contributed by atoms with Gasteiger partial charge < -0.3 is 10.1 Å². The topological polar surface area (TPSA) is 56.1 Å². The van der Waals surface area contributed by atoms with Gasteiger partial charge in [-0.25, -0.2) is 4.68 Å². The standard InChI is InChI=1S/C18H17Cl2F6N3O2S/c1-3-4-5-31-13(30)8-27-16-15(32-18(24,25)26)9(2)28-29(16)14-11(19)6-10(7-12(14)20)17(21,22)23/h6-7,27H,3-5,8H2,1-2H3. The van der Waals surface area contributed by atoms with E-state index in [4.69, 9.17) is 27.9 Å². The van der Waals surface area contributed by atoms with Crippen LogP contribution in [0, 0.1) is 6.92 Å². The number of aromatic nitrogens is 2. The normalized spacial score (nSPS) is 12.2. The first-order valence-electron chi connectivity index (χ1n) is 9.06. The van der Waals surface area contributed by atoms with Crippen molar-refractivity contribution >= 4 is 46.8 Å². The summed E-state index contributed by atoms with van der Waals surface area (Å²) >= 11 is 11.5. The number of nitrogens with one attached hydrogen (secondary N) is 1. The van der Waals surface area contributed by atoms with Crippen LogP contribution in [-0.2, 0) is 15.7 Å². The number of hydrogen-bond acceptors (Lipinski definition) is 5. The fraction of sp³-hybridized carbons (Fsp3) is 0.444. The molecule has 2 aromatic rings. The Labute approximate surface area is 193 Å². The Morgan fingerprint density at radius 2 is 1.78 bits per heavy atom. The number of rotatable bonds is 8. The molecule has 0 fully saturated rings. The number of ether oxygens (including phenoxy) is 1. The third-order valence-corrected chi connectivity index (χ3v) is 5.44. The summed E-state index contributed by atoms with van der Waals surface area (Å²) in [6.45, 7) is 2.76. The molecule has 5 nitrogen and oxygen atoms in total. The summed E-state index contributed by atoms with van der Waals surface area (Å²) in [7, 11) is 0. The lowest BCUT2D eigenvalue weighted by atomic mass is 10.2. The van der Waals surface area contributed by atoms with Crippen molar-refractivity contribution in [3.05, 3.63) is 33.4 Å². The Hall–Kier alpha value is -1.79. The zero-order valence-corrected chi connectivity index (χ0v) is 19.0. The number of anilines is 1. The molecule has 0 saturated carbocycles. The summed E-state index contributed by atoms with van der Waals surface area (Å²) in [6, 6.07) is 1.16. The van der Waals surface area contributed by atoms with Crippen molar-refractivity contribution in [2.45, 2.75) is 43.3 Å². The first-order chi connectivity index (χ1) is 14.7. The fourth-order valence-electron chi connectivity index (χ4n) is 2.54. The van der Waals surface area contributed by atoms with Gasteiger partial charge in [0.2, 0.25) is 0 Å². The number of hydrogen-bond donors (Lipinski definition) is 1. The number of halogens is 8. The zero-order chi connectivity index (χ0) is 24.3. The summed E-state index contributed by atoms with van der Waals surface area (Å²) in [5, 5.41) is 5.49. The number of carbonyl (C=O) groups is 1. The minimum atomic E-state index is -4.74. The molecule has 0 aliphatic heterocycles. The molecular weight excluding hydrogens is 507 g/mol. The van der Waals surface area contributed by atoms with Gasteiger partial charge in [0.15, 0.2) is 0 Å². The van der Waals surface area contributed by atoms with Gasteiger partial charge in [0, 0.05) is 0 Å². The molecule has 178 valence electrons. The van der Waals surface area contributed by atoms with Crippen molar-refractivity contribution < 1.29 is 35.9 Å². The molecule has 32 heavy (non-hydrogen) atoms. The van der Waals surface area contributed by atoms with Gasteiger partial charge in [-0.05, 0) is 37.2 Å². The molecule has 1 aromatic heterocycles. The van der Waals surface area contributed by atoms with Crippen LogP contribution in [0.15, 0.2) is 17.0 Å². The molecule has 0 spiro atoms. The highest BCUT2D eigenvalue weighted by Crippen LogP contribution is 2.45. The quantitative estimate of drug-likeness (QED) is 0.177. The summed E-state index contributed by atoms with van der Waals surface area (Å²) < 4.78 is 84.1. The maximum absolute atomic E-state index is 13.1. The molecule has 0 radical (unpaired) electrons. The maximum atomic E-state index is 13.1. The van der Waals surface area contributed by atoms with Gasteiger partial charge in [-0.15, -0.1) is 0 Å². The van der Waals surface area contributed by atoms with Gasteiger partial charge >= 0.3 is 17.7 Å². The molecule has 2 rings (SSSR count). The van der Waals surface area contributed by atoms with Gasteiger partial charge in [0.1, 0.15) is 18.1 Å². The minimum absolute atomic E-state index is 0.110. The third kappa shape index (κ3) is 6.85. The number of alkyl halides is 6. The van der Waals surface area contributed by atoms with E-state index in [0.717, 1.165) is 11.1 Å². The molecule has 1 aromatic carbocycles. The lowest BCUT2D eigenvalue weighted by Crippen LogP contribution is -2.20. The van der Waals surface area contributed by atoms with Crippen molar-refractivity contribution in [2.75, 3.05) is 18.5 Å². The maximum Gasteiger partial charge on any atom is 0.446 e. The van der Waals surface area contributed by atoms with E-state index in [1.165, 1.54) is 6.92 Å².